The summed E-state index contributed by atoms with van der Waals surface area (Å²) in [5, 5.41) is 8.76. The zero-order valence-corrected chi connectivity index (χ0v) is 49.8. The molecule has 18 heteroatoms. The Balaban J connectivity index is 2.42. The number of benzene rings is 2. The summed E-state index contributed by atoms with van der Waals surface area (Å²) in [5.41, 5.74) is 1.37. The lowest BCUT2D eigenvalue weighted by molar-refractivity contribution is -0.172. The van der Waals surface area contributed by atoms with Crippen LogP contribution in [0.4, 0.5) is 4.79 Å². The lowest BCUT2D eigenvalue weighted by atomic mass is 9.94. The summed E-state index contributed by atoms with van der Waals surface area (Å²) in [5.74, 6) is -8.17. The number of imide groups is 1. The zero-order chi connectivity index (χ0) is 58.9. The number of esters is 1. The van der Waals surface area contributed by atoms with Gasteiger partial charge in [0.05, 0.1) is 0 Å². The summed E-state index contributed by atoms with van der Waals surface area (Å²) in [7, 11) is 5.83. The second-order valence-electron chi connectivity index (χ2n) is 22.9. The largest absolute Gasteiger partial charge is 0.450 e. The Labute approximate surface area is 465 Å². The fraction of sp³-hybridized carbons (Fsp3) is 0.650. The standard InChI is InChI=1S/C60H94N8O10/c1-18-21-32-68-56(73)46(35-43-30-26-23-27-31-43)64(14)54(71)45(34-42-28-24-22-25-29-42)62-53(70)49(38(8)9)66(16)58(75)51(41(13)20-3)78-59(76)50(39(10)11)67(17)55(72)44(33-36(4)5)61-52(69)48(37(6)7)65(15)57(74)47(40(12)19-2)63-60(68)77/h22-31,36-41,44-51H,18-21,32-35H2,1-17H3,(H,61,69)(H,62,70)(H,63,77). The molecule has 3 N–H and O–H groups in total. The predicted octanol–water partition coefficient (Wildman–Crippen LogP) is 6.49. The Morgan fingerprint density at radius 3 is 1.41 bits per heavy atom. The number of carbonyl (C=O) groups excluding carboxylic acids is 9. The first-order chi connectivity index (χ1) is 36.6. The number of amides is 9. The summed E-state index contributed by atoms with van der Waals surface area (Å²) in [6.45, 7) is 23.4. The third-order valence-corrected chi connectivity index (χ3v) is 15.2. The van der Waals surface area contributed by atoms with E-state index < -0.39 is 131 Å². The lowest BCUT2D eigenvalue weighted by Gasteiger charge is -2.39. The van der Waals surface area contributed by atoms with E-state index in [0.29, 0.717) is 36.8 Å². The molecule has 0 bridgehead atoms. The molecular weight excluding hydrogens is 993 g/mol. The average Bonchev–Trinajstić information content (AvgIpc) is 3.39. The van der Waals surface area contributed by atoms with Crippen LogP contribution in [0.25, 0.3) is 0 Å². The van der Waals surface area contributed by atoms with Crippen LogP contribution in [0.3, 0.4) is 0 Å². The summed E-state index contributed by atoms with van der Waals surface area (Å²) in [6.07, 6.45) is 0.519. The number of nitrogens with one attached hydrogen (secondary N) is 3. The number of likely N-dealkylation sites (N-methyl/N-ethyl adjacent to an activating group) is 4. The van der Waals surface area contributed by atoms with Gasteiger partial charge in [0.25, 0.3) is 11.8 Å². The summed E-state index contributed by atoms with van der Waals surface area (Å²) < 4.78 is 6.18. The maximum atomic E-state index is 15.4. The third kappa shape index (κ3) is 17.3. The number of cyclic esters (lactones) is 1. The smallest absolute Gasteiger partial charge is 0.329 e. The van der Waals surface area contributed by atoms with Crippen molar-refractivity contribution in [3.8, 4) is 0 Å². The fourth-order valence-electron chi connectivity index (χ4n) is 10.2. The Morgan fingerprint density at radius 2 is 0.949 bits per heavy atom. The number of carbonyl (C=O) groups is 9. The van der Waals surface area contributed by atoms with Crippen molar-refractivity contribution in [3.05, 3.63) is 71.8 Å². The molecule has 0 aromatic heterocycles. The molecule has 0 spiro atoms. The topological polar surface area (TPSA) is 215 Å². The van der Waals surface area contributed by atoms with Gasteiger partial charge in [-0.25, -0.2) is 9.59 Å². The zero-order valence-electron chi connectivity index (χ0n) is 49.8. The van der Waals surface area contributed by atoms with Gasteiger partial charge in [-0.05, 0) is 60.0 Å². The van der Waals surface area contributed by atoms with Crippen LogP contribution in [0.15, 0.2) is 60.7 Å². The van der Waals surface area contributed by atoms with Gasteiger partial charge in [0.15, 0.2) is 6.10 Å². The summed E-state index contributed by atoms with van der Waals surface area (Å²) in [4.78, 5) is 141. The minimum atomic E-state index is -1.40. The molecule has 10 atom stereocenters. The molecule has 0 saturated carbocycles. The van der Waals surface area contributed by atoms with E-state index in [1.165, 1.54) is 47.8 Å². The van der Waals surface area contributed by atoms with Crippen LogP contribution in [0.5, 0.6) is 0 Å². The van der Waals surface area contributed by atoms with E-state index >= 15 is 9.59 Å². The van der Waals surface area contributed by atoms with Crippen LogP contribution in [0.2, 0.25) is 0 Å². The Bertz CT molecular complexity index is 2330. The van der Waals surface area contributed by atoms with Crippen molar-refractivity contribution in [1.82, 2.24) is 40.4 Å². The number of hydrogen-bond acceptors (Lipinski definition) is 10. The number of unbranched alkanes of at least 4 members (excludes halogenated alkanes) is 1. The molecule has 1 heterocycles. The second-order valence-corrected chi connectivity index (χ2v) is 22.9. The summed E-state index contributed by atoms with van der Waals surface area (Å²) >= 11 is 0. The SMILES string of the molecule is CCCCN1C(=O)NC(C(C)CC)C(=O)N(C)C(C(C)C)C(=O)NC(CC(C)C)C(=O)N(C)C(C(C)C)C(=O)OC(C(C)CC)C(=O)N(C)C(C(C)C)C(=O)NC(Cc2ccccc2)C(=O)N(C)C(Cc2ccccc2)C1=O. The molecule has 434 valence electrons. The van der Waals surface area contributed by atoms with Crippen LogP contribution in [-0.2, 0) is 55.9 Å². The molecule has 2 aromatic rings. The maximum Gasteiger partial charge on any atom is 0.329 e. The van der Waals surface area contributed by atoms with E-state index in [0.717, 1.165) is 4.90 Å². The minimum Gasteiger partial charge on any atom is -0.450 e. The molecule has 9 amide bonds. The lowest BCUT2D eigenvalue weighted by Crippen LogP contribution is -2.63. The van der Waals surface area contributed by atoms with Crippen molar-refractivity contribution < 1.29 is 47.9 Å². The molecule has 2 aromatic carbocycles. The average molecular weight is 1090 g/mol. The normalized spacial score (nSPS) is 24.7. The molecule has 10 unspecified atom stereocenters. The number of urea groups is 1. The van der Waals surface area contributed by atoms with Crippen molar-refractivity contribution in [3.63, 3.8) is 0 Å². The molecule has 3 rings (SSSR count). The predicted molar refractivity (Wildman–Crippen MR) is 302 cm³/mol. The van der Waals surface area contributed by atoms with E-state index in [9.17, 15) is 33.6 Å². The van der Waals surface area contributed by atoms with E-state index in [2.05, 4.69) is 16.0 Å². The van der Waals surface area contributed by atoms with Crippen molar-refractivity contribution in [2.45, 2.75) is 183 Å². The number of ether oxygens (including phenoxy) is 1. The monoisotopic (exact) mass is 1090 g/mol. The van der Waals surface area contributed by atoms with Crippen LogP contribution >= 0.6 is 0 Å². The van der Waals surface area contributed by atoms with Gasteiger partial charge in [-0.3, -0.25) is 38.5 Å². The first-order valence-electron chi connectivity index (χ1n) is 28.2. The minimum absolute atomic E-state index is 0.0138. The van der Waals surface area contributed by atoms with Gasteiger partial charge in [-0.2, -0.15) is 0 Å². The van der Waals surface area contributed by atoms with E-state index in [4.69, 9.17) is 4.74 Å². The molecular formula is C60H94N8O10. The second kappa shape index (κ2) is 30.7. The highest BCUT2D eigenvalue weighted by Gasteiger charge is 2.45. The highest BCUT2D eigenvalue weighted by atomic mass is 16.6. The number of nitrogens with zero attached hydrogens (tertiary/aromatic N) is 5. The fourth-order valence-corrected chi connectivity index (χ4v) is 10.2. The Kier molecular flexibility index (Phi) is 26.0. The molecule has 1 saturated heterocycles. The van der Waals surface area contributed by atoms with E-state index in [1.807, 2.05) is 58.9 Å². The van der Waals surface area contributed by atoms with Gasteiger partial charge in [-0.15, -0.1) is 0 Å². The van der Waals surface area contributed by atoms with Gasteiger partial charge < -0.3 is 40.3 Å². The van der Waals surface area contributed by atoms with Crippen LogP contribution in [0, 0.1) is 35.5 Å². The van der Waals surface area contributed by atoms with Crippen molar-refractivity contribution in [2.75, 3.05) is 34.7 Å². The maximum absolute atomic E-state index is 15.4. The summed E-state index contributed by atoms with van der Waals surface area (Å²) in [6, 6.07) is 8.63. The van der Waals surface area contributed by atoms with E-state index in [1.54, 1.807) is 91.8 Å². The van der Waals surface area contributed by atoms with E-state index in [-0.39, 0.29) is 31.7 Å². The third-order valence-electron chi connectivity index (χ3n) is 15.2. The van der Waals surface area contributed by atoms with Crippen molar-refractivity contribution in [2.24, 2.45) is 35.5 Å². The van der Waals surface area contributed by atoms with Gasteiger partial charge in [0.1, 0.15) is 42.3 Å². The Hall–Kier alpha value is -6.33. The van der Waals surface area contributed by atoms with Gasteiger partial charge in [0, 0.05) is 53.5 Å². The molecule has 78 heavy (non-hydrogen) atoms. The molecule has 1 aliphatic heterocycles. The molecule has 1 fully saturated rings. The first kappa shape index (κ1) is 66.0. The van der Waals surface area contributed by atoms with Gasteiger partial charge in [-0.1, -0.05) is 164 Å². The highest BCUT2D eigenvalue weighted by molar-refractivity contribution is 6.02. The molecule has 1 aliphatic rings. The Morgan fingerprint density at radius 1 is 0.500 bits per heavy atom. The van der Waals surface area contributed by atoms with Gasteiger partial charge >= 0.3 is 12.0 Å². The molecule has 0 radical (unpaired) electrons. The van der Waals surface area contributed by atoms with Crippen LogP contribution in [0.1, 0.15) is 133 Å². The quantitative estimate of drug-likeness (QED) is 0.156. The molecule has 18 nitrogen and oxygen atoms in total. The first-order valence-corrected chi connectivity index (χ1v) is 28.2. The van der Waals surface area contributed by atoms with Gasteiger partial charge in [0.2, 0.25) is 29.5 Å². The molecule has 0 aliphatic carbocycles. The highest BCUT2D eigenvalue weighted by Crippen LogP contribution is 2.25. The van der Waals surface area contributed by atoms with Crippen molar-refractivity contribution >= 4 is 53.4 Å². The number of hydrogen-bond donors (Lipinski definition) is 3. The van der Waals surface area contributed by atoms with Crippen molar-refractivity contribution in [1.29, 1.82) is 0 Å². The van der Waals surface area contributed by atoms with Crippen LogP contribution in [-0.4, -0.2) is 161 Å². The number of rotatable bonds is 16. The van der Waals surface area contributed by atoms with Crippen LogP contribution < -0.4 is 16.0 Å².